The molecule has 0 radical (unpaired) electrons. The molecule has 2 rings (SSSR count). The number of carbonyl (C=O) groups is 1. The van der Waals surface area contributed by atoms with Crippen LogP contribution in [0.4, 0.5) is 0 Å². The second kappa shape index (κ2) is 7.72. The first-order chi connectivity index (χ1) is 9.66. The third-order valence-corrected chi connectivity index (χ3v) is 5.05. The van der Waals surface area contributed by atoms with Gasteiger partial charge in [-0.2, -0.15) is 0 Å². The second-order valence-electron chi connectivity index (χ2n) is 5.68. The highest BCUT2D eigenvalue weighted by atomic mass is 32.2. The van der Waals surface area contributed by atoms with Gasteiger partial charge in [0.15, 0.2) is 0 Å². The van der Waals surface area contributed by atoms with Crippen molar-refractivity contribution in [3.8, 4) is 0 Å². The Morgan fingerprint density at radius 1 is 1.25 bits per heavy atom. The van der Waals surface area contributed by atoms with Gasteiger partial charge in [0.2, 0.25) is 5.91 Å². The van der Waals surface area contributed by atoms with Crippen molar-refractivity contribution in [2.45, 2.75) is 50.5 Å². The van der Waals surface area contributed by atoms with E-state index < -0.39 is 0 Å². The first-order valence-electron chi connectivity index (χ1n) is 7.63. The summed E-state index contributed by atoms with van der Waals surface area (Å²) in [5.74, 6) is 1.24. The van der Waals surface area contributed by atoms with E-state index in [0.717, 1.165) is 18.8 Å². The van der Waals surface area contributed by atoms with Crippen LogP contribution in [-0.4, -0.2) is 29.1 Å². The molecule has 2 nitrogen and oxygen atoms in total. The minimum atomic E-state index is 0.0635. The Kier molecular flexibility index (Phi) is 5.96. The molecule has 1 amide bonds. The molecular formula is C17H25NOS. The lowest BCUT2D eigenvalue weighted by Crippen LogP contribution is -2.37. The first-order valence-corrected chi connectivity index (χ1v) is 8.67. The molecule has 0 aromatic heterocycles. The van der Waals surface area contributed by atoms with Gasteiger partial charge in [-0.3, -0.25) is 4.79 Å². The zero-order valence-corrected chi connectivity index (χ0v) is 13.4. The monoisotopic (exact) mass is 291 g/mol. The molecule has 0 saturated carbocycles. The minimum absolute atomic E-state index is 0.0635. The van der Waals surface area contributed by atoms with Gasteiger partial charge in [0.05, 0.1) is 5.25 Å². The lowest BCUT2D eigenvalue weighted by atomic mass is 10.2. The standard InChI is InChI=1S/C17H25NOS/c1-14-8-7-9-16(12-14)13-20-15(2)17(19)18-10-5-3-4-6-11-18/h7-9,12,15H,3-6,10-11,13H2,1-2H3. The van der Waals surface area contributed by atoms with Crippen molar-refractivity contribution in [2.75, 3.05) is 13.1 Å². The fraction of sp³-hybridized carbons (Fsp3) is 0.588. The Morgan fingerprint density at radius 3 is 2.60 bits per heavy atom. The van der Waals surface area contributed by atoms with Crippen LogP contribution in [0.25, 0.3) is 0 Å². The molecule has 1 aromatic rings. The number of nitrogens with zero attached hydrogens (tertiary/aromatic N) is 1. The van der Waals surface area contributed by atoms with Gasteiger partial charge in [-0.15, -0.1) is 11.8 Å². The van der Waals surface area contributed by atoms with Gasteiger partial charge in [-0.1, -0.05) is 42.7 Å². The maximum Gasteiger partial charge on any atom is 0.235 e. The highest BCUT2D eigenvalue weighted by Crippen LogP contribution is 2.21. The molecule has 1 aliphatic rings. The summed E-state index contributed by atoms with van der Waals surface area (Å²) < 4.78 is 0. The van der Waals surface area contributed by atoms with Crippen LogP contribution in [0, 0.1) is 6.92 Å². The van der Waals surface area contributed by atoms with E-state index in [9.17, 15) is 4.79 Å². The lowest BCUT2D eigenvalue weighted by Gasteiger charge is -2.23. The number of rotatable bonds is 4. The molecule has 1 aliphatic heterocycles. The van der Waals surface area contributed by atoms with E-state index in [4.69, 9.17) is 0 Å². The largest absolute Gasteiger partial charge is 0.342 e. The number of thioether (sulfide) groups is 1. The molecule has 1 heterocycles. The topological polar surface area (TPSA) is 20.3 Å². The molecule has 3 heteroatoms. The van der Waals surface area contributed by atoms with Gasteiger partial charge < -0.3 is 4.90 Å². The fourth-order valence-electron chi connectivity index (χ4n) is 2.64. The summed E-state index contributed by atoms with van der Waals surface area (Å²) >= 11 is 1.76. The van der Waals surface area contributed by atoms with Crippen molar-refractivity contribution in [1.82, 2.24) is 4.90 Å². The Morgan fingerprint density at radius 2 is 1.95 bits per heavy atom. The van der Waals surface area contributed by atoms with Gasteiger partial charge in [0.25, 0.3) is 0 Å². The van der Waals surface area contributed by atoms with Gasteiger partial charge >= 0.3 is 0 Å². The van der Waals surface area contributed by atoms with Crippen molar-refractivity contribution >= 4 is 17.7 Å². The van der Waals surface area contributed by atoms with E-state index in [1.165, 1.54) is 36.8 Å². The number of likely N-dealkylation sites (tertiary alicyclic amines) is 1. The van der Waals surface area contributed by atoms with Crippen molar-refractivity contribution in [2.24, 2.45) is 0 Å². The minimum Gasteiger partial charge on any atom is -0.342 e. The molecule has 0 aliphatic carbocycles. The van der Waals surface area contributed by atoms with Crippen LogP contribution in [0.2, 0.25) is 0 Å². The number of hydrogen-bond donors (Lipinski definition) is 0. The van der Waals surface area contributed by atoms with E-state index >= 15 is 0 Å². The second-order valence-corrected chi connectivity index (χ2v) is 7.01. The molecule has 1 saturated heterocycles. The van der Waals surface area contributed by atoms with Gasteiger partial charge in [-0.05, 0) is 32.3 Å². The number of aryl methyl sites for hydroxylation is 1. The van der Waals surface area contributed by atoms with E-state index in [1.807, 2.05) is 6.92 Å². The van der Waals surface area contributed by atoms with Crippen molar-refractivity contribution in [3.63, 3.8) is 0 Å². The number of carbonyl (C=O) groups excluding carboxylic acids is 1. The van der Waals surface area contributed by atoms with E-state index in [0.29, 0.717) is 5.91 Å². The van der Waals surface area contributed by atoms with Crippen LogP contribution < -0.4 is 0 Å². The van der Waals surface area contributed by atoms with Gasteiger partial charge in [0.1, 0.15) is 0 Å². The molecule has 1 atom stereocenters. The summed E-state index contributed by atoms with van der Waals surface area (Å²) in [5, 5.41) is 0.0635. The summed E-state index contributed by atoms with van der Waals surface area (Å²) in [7, 11) is 0. The molecular weight excluding hydrogens is 266 g/mol. The molecule has 1 fully saturated rings. The predicted octanol–water partition coefficient (Wildman–Crippen LogP) is 4.02. The SMILES string of the molecule is Cc1cccc(CSC(C)C(=O)N2CCCCCC2)c1. The zero-order valence-electron chi connectivity index (χ0n) is 12.6. The molecule has 110 valence electrons. The molecule has 20 heavy (non-hydrogen) atoms. The summed E-state index contributed by atoms with van der Waals surface area (Å²) in [4.78, 5) is 14.5. The predicted molar refractivity (Wildman–Crippen MR) is 87.0 cm³/mol. The summed E-state index contributed by atoms with van der Waals surface area (Å²) in [6.07, 6.45) is 4.88. The van der Waals surface area contributed by atoms with Crippen molar-refractivity contribution < 1.29 is 4.79 Å². The number of benzene rings is 1. The Balaban J connectivity index is 1.84. The van der Waals surface area contributed by atoms with Crippen LogP contribution in [-0.2, 0) is 10.5 Å². The summed E-state index contributed by atoms with van der Waals surface area (Å²) in [6.45, 7) is 6.07. The Labute approximate surface area is 126 Å². The number of amides is 1. The van der Waals surface area contributed by atoms with Crippen molar-refractivity contribution in [3.05, 3.63) is 35.4 Å². The molecule has 1 aromatic carbocycles. The summed E-state index contributed by atoms with van der Waals surface area (Å²) in [6, 6.07) is 8.55. The quantitative estimate of drug-likeness (QED) is 0.835. The van der Waals surface area contributed by atoms with Crippen LogP contribution in [0.5, 0.6) is 0 Å². The van der Waals surface area contributed by atoms with Crippen LogP contribution >= 0.6 is 11.8 Å². The zero-order chi connectivity index (χ0) is 14.4. The summed E-state index contributed by atoms with van der Waals surface area (Å²) in [5.41, 5.74) is 2.60. The molecule has 0 N–H and O–H groups in total. The number of hydrogen-bond acceptors (Lipinski definition) is 2. The maximum atomic E-state index is 12.4. The first kappa shape index (κ1) is 15.4. The molecule has 0 bridgehead atoms. The average Bonchev–Trinajstić information content (AvgIpc) is 2.73. The fourth-order valence-corrected chi connectivity index (χ4v) is 3.56. The third-order valence-electron chi connectivity index (χ3n) is 3.85. The van der Waals surface area contributed by atoms with Gasteiger partial charge in [0, 0.05) is 18.8 Å². The Bertz CT molecular complexity index is 438. The van der Waals surface area contributed by atoms with Crippen LogP contribution in [0.1, 0.15) is 43.7 Å². The van der Waals surface area contributed by atoms with Gasteiger partial charge in [-0.25, -0.2) is 0 Å². The van der Waals surface area contributed by atoms with Crippen molar-refractivity contribution in [1.29, 1.82) is 0 Å². The molecule has 0 spiro atoms. The molecule has 1 unspecified atom stereocenters. The van der Waals surface area contributed by atoms with E-state index in [-0.39, 0.29) is 5.25 Å². The third kappa shape index (κ3) is 4.55. The van der Waals surface area contributed by atoms with Crippen LogP contribution in [0.15, 0.2) is 24.3 Å². The highest BCUT2D eigenvalue weighted by Gasteiger charge is 2.21. The lowest BCUT2D eigenvalue weighted by molar-refractivity contribution is -0.130. The smallest absolute Gasteiger partial charge is 0.235 e. The Hall–Kier alpha value is -0.960. The average molecular weight is 291 g/mol. The van der Waals surface area contributed by atoms with E-state index in [2.05, 4.69) is 36.1 Å². The van der Waals surface area contributed by atoms with Crippen LogP contribution in [0.3, 0.4) is 0 Å². The normalized spacial score (nSPS) is 17.6. The maximum absolute atomic E-state index is 12.4. The van der Waals surface area contributed by atoms with E-state index in [1.54, 1.807) is 11.8 Å². The highest BCUT2D eigenvalue weighted by molar-refractivity contribution is 7.99.